The number of aromatic nitrogens is 2. The van der Waals surface area contributed by atoms with Crippen molar-refractivity contribution in [3.63, 3.8) is 0 Å². The Morgan fingerprint density at radius 2 is 1.60 bits per heavy atom. The molecule has 8 rings (SSSR count). The number of carbonyl (C=O) groups is 4. The molecule has 3 aliphatic rings. The Hall–Kier alpha value is -5.34. The number of fused-ring (bicyclic) bond motifs is 13. The van der Waals surface area contributed by atoms with Gasteiger partial charge in [-0.3, -0.25) is 4.79 Å². The smallest absolute Gasteiger partial charge is 0.343 e. The topological polar surface area (TPSA) is 177 Å². The Balaban J connectivity index is 1.54. The van der Waals surface area contributed by atoms with Crippen LogP contribution in [0.25, 0.3) is 43.6 Å². The number of rotatable bonds is 5. The second-order valence-corrected chi connectivity index (χ2v) is 12.2. The number of hydrogen-bond donors (Lipinski definition) is 6. The summed E-state index contributed by atoms with van der Waals surface area (Å²) in [5.74, 6) is -1.08. The predicted molar refractivity (Wildman–Crippen MR) is 174 cm³/mol. The lowest BCUT2D eigenvalue weighted by Gasteiger charge is -2.37. The van der Waals surface area contributed by atoms with Crippen molar-refractivity contribution in [2.24, 2.45) is 0 Å². The highest BCUT2D eigenvalue weighted by molar-refractivity contribution is 6.31. The zero-order valence-electron chi connectivity index (χ0n) is 26.2. The van der Waals surface area contributed by atoms with Gasteiger partial charge in [-0.25, -0.2) is 14.4 Å². The Morgan fingerprint density at radius 1 is 0.979 bits per heavy atom. The van der Waals surface area contributed by atoms with E-state index in [1.54, 1.807) is 19.1 Å². The molecule has 3 aromatic carbocycles. The van der Waals surface area contributed by atoms with Gasteiger partial charge in [0.2, 0.25) is 5.60 Å². The van der Waals surface area contributed by atoms with Gasteiger partial charge in [0.05, 0.1) is 34.7 Å². The van der Waals surface area contributed by atoms with Gasteiger partial charge in [0.15, 0.2) is 5.72 Å². The first kappa shape index (κ1) is 29.1. The monoisotopic (exact) mass is 639 g/mol. The van der Waals surface area contributed by atoms with Gasteiger partial charge < -0.3 is 50.3 Å². The van der Waals surface area contributed by atoms with Gasteiger partial charge in [0, 0.05) is 59.0 Å². The summed E-state index contributed by atoms with van der Waals surface area (Å²) in [7, 11) is 1.23. The molecule has 1 fully saturated rings. The fourth-order valence-electron chi connectivity index (χ4n) is 7.82. The molecule has 14 nitrogen and oxygen atoms in total. The van der Waals surface area contributed by atoms with E-state index < -0.39 is 23.5 Å². The van der Waals surface area contributed by atoms with Crippen LogP contribution in [0, 0.1) is 0 Å². The molecule has 0 radical (unpaired) electrons. The van der Waals surface area contributed by atoms with E-state index in [2.05, 4.69) is 26.6 Å². The van der Waals surface area contributed by atoms with Crippen molar-refractivity contribution in [3.8, 4) is 0 Å². The van der Waals surface area contributed by atoms with Crippen LogP contribution in [0.1, 0.15) is 49.3 Å². The van der Waals surface area contributed by atoms with Crippen molar-refractivity contribution in [2.75, 3.05) is 30.8 Å². The number of ether oxygens (including phenoxy) is 2. The minimum Gasteiger partial charge on any atom is -0.467 e. The molecule has 2 unspecified atom stereocenters. The molecule has 14 heteroatoms. The van der Waals surface area contributed by atoms with Crippen molar-refractivity contribution in [3.05, 3.63) is 47.5 Å². The van der Waals surface area contributed by atoms with Crippen LogP contribution in [0.2, 0.25) is 0 Å². The number of esters is 1. The zero-order valence-corrected chi connectivity index (χ0v) is 26.2. The lowest BCUT2D eigenvalue weighted by atomic mass is 9.88. The number of methoxy groups -OCH3 is 1. The number of aliphatic hydroxyl groups is 1. The maximum Gasteiger partial charge on any atom is 0.343 e. The molecule has 0 saturated carbocycles. The lowest BCUT2D eigenvalue weighted by molar-refractivity contribution is -0.202. The van der Waals surface area contributed by atoms with E-state index in [4.69, 9.17) is 9.47 Å². The number of anilines is 2. The van der Waals surface area contributed by atoms with E-state index in [1.165, 1.54) is 7.11 Å². The minimum absolute atomic E-state index is 0.130. The van der Waals surface area contributed by atoms with Crippen molar-refractivity contribution in [2.45, 2.75) is 51.3 Å². The number of urea groups is 2. The van der Waals surface area contributed by atoms with Crippen LogP contribution >= 0.6 is 0 Å². The Kier molecular flexibility index (Phi) is 6.08. The molecule has 0 aliphatic carbocycles. The molecular weight excluding hydrogens is 606 g/mol. The largest absolute Gasteiger partial charge is 0.467 e. The molecule has 5 amide bonds. The third kappa shape index (κ3) is 3.67. The van der Waals surface area contributed by atoms with Crippen LogP contribution in [0.3, 0.4) is 0 Å². The molecule has 2 aromatic heterocycles. The summed E-state index contributed by atoms with van der Waals surface area (Å²) in [5, 5.41) is 29.3. The van der Waals surface area contributed by atoms with Gasteiger partial charge in [-0.05, 0) is 62.7 Å². The summed E-state index contributed by atoms with van der Waals surface area (Å²) in [4.78, 5) is 52.1. The van der Waals surface area contributed by atoms with Crippen LogP contribution in [-0.2, 0) is 26.5 Å². The summed E-state index contributed by atoms with van der Waals surface area (Å²) in [6, 6.07) is 10.1. The van der Waals surface area contributed by atoms with Gasteiger partial charge in [-0.2, -0.15) is 0 Å². The molecule has 47 heavy (non-hydrogen) atoms. The second kappa shape index (κ2) is 9.83. The van der Waals surface area contributed by atoms with E-state index in [1.807, 2.05) is 47.2 Å². The Bertz CT molecular complexity index is 2250. The van der Waals surface area contributed by atoms with Crippen LogP contribution in [0.5, 0.6) is 0 Å². The standard InChI is InChI=1S/C33H33N7O7/c1-5-34-30(43)37-15-7-9-20-17(11-15)24-25-19(14-36-28(25)41)23-18-12-16(38-31(44)35-6-2)8-10-21(18)40-27(23)26(24)39(20)22-13-33(45,29(42)46-4)32(40,3)47-22/h7-12,22,45H,5-6,13-14H2,1-4H3,(H,36,41)(H2,34,37,43)(H2,35,38,44)/t22?,32?,33-/m0/s1. The van der Waals surface area contributed by atoms with E-state index in [0.717, 1.165) is 10.9 Å². The van der Waals surface area contributed by atoms with Crippen LogP contribution in [-0.4, -0.2) is 64.0 Å². The molecule has 3 atom stereocenters. The maximum absolute atomic E-state index is 13.7. The summed E-state index contributed by atoms with van der Waals surface area (Å²) in [6.45, 7) is 6.45. The Labute approximate surface area is 267 Å². The van der Waals surface area contributed by atoms with Gasteiger partial charge in [-0.15, -0.1) is 0 Å². The molecule has 5 heterocycles. The highest BCUT2D eigenvalue weighted by Crippen LogP contribution is 2.58. The molecule has 2 bridgehead atoms. The average molecular weight is 640 g/mol. The van der Waals surface area contributed by atoms with E-state index >= 15 is 0 Å². The lowest BCUT2D eigenvalue weighted by Crippen LogP contribution is -2.56. The van der Waals surface area contributed by atoms with E-state index in [-0.39, 0.29) is 30.9 Å². The first-order valence-electron chi connectivity index (χ1n) is 15.5. The summed E-state index contributed by atoms with van der Waals surface area (Å²) < 4.78 is 15.7. The average Bonchev–Trinajstić information content (AvgIpc) is 3.73. The highest BCUT2D eigenvalue weighted by atomic mass is 16.6. The normalized spacial score (nSPS) is 22.5. The van der Waals surface area contributed by atoms with Crippen LogP contribution in [0.4, 0.5) is 21.0 Å². The third-order valence-corrected chi connectivity index (χ3v) is 9.73. The first-order chi connectivity index (χ1) is 22.6. The minimum atomic E-state index is -2.10. The molecular formula is C33H33N7O7. The molecule has 3 aliphatic heterocycles. The highest BCUT2D eigenvalue weighted by Gasteiger charge is 2.65. The van der Waals surface area contributed by atoms with Crippen LogP contribution < -0.4 is 26.6 Å². The molecule has 0 spiro atoms. The fraction of sp³-hybridized carbons (Fsp3) is 0.333. The summed E-state index contributed by atoms with van der Waals surface area (Å²) >= 11 is 0. The van der Waals surface area contributed by atoms with Gasteiger partial charge in [0.25, 0.3) is 5.91 Å². The van der Waals surface area contributed by atoms with Gasteiger partial charge >= 0.3 is 18.0 Å². The SMILES string of the molecule is CCNC(=O)Nc1ccc2c(c1)c1c3c(c4c5cc(NC(=O)NCC)ccc5n5c4c1n2C1C[C@](O)(C(=O)OC)C5(C)O1)CNC3=O. The van der Waals surface area contributed by atoms with E-state index in [0.29, 0.717) is 68.3 Å². The molecule has 242 valence electrons. The quantitative estimate of drug-likeness (QED) is 0.158. The van der Waals surface area contributed by atoms with Crippen molar-refractivity contribution in [1.29, 1.82) is 0 Å². The first-order valence-corrected chi connectivity index (χ1v) is 15.5. The van der Waals surface area contributed by atoms with Crippen molar-refractivity contribution < 1.29 is 33.8 Å². The number of hydrogen-bond acceptors (Lipinski definition) is 7. The number of benzene rings is 3. The zero-order chi connectivity index (χ0) is 33.0. The van der Waals surface area contributed by atoms with Gasteiger partial charge in [0.1, 0.15) is 6.23 Å². The summed E-state index contributed by atoms with van der Waals surface area (Å²) in [6.07, 6.45) is -0.958. The molecule has 1 saturated heterocycles. The maximum atomic E-state index is 13.7. The number of nitrogens with zero attached hydrogens (tertiary/aromatic N) is 2. The number of amides is 5. The number of nitrogens with one attached hydrogen (secondary N) is 5. The Morgan fingerprint density at radius 3 is 2.21 bits per heavy atom. The van der Waals surface area contributed by atoms with Crippen molar-refractivity contribution in [1.82, 2.24) is 25.1 Å². The number of carbonyl (C=O) groups excluding carboxylic acids is 4. The van der Waals surface area contributed by atoms with Gasteiger partial charge in [-0.1, -0.05) is 0 Å². The summed E-state index contributed by atoms with van der Waals surface area (Å²) in [5.41, 5.74) is 1.20. The van der Waals surface area contributed by atoms with Crippen molar-refractivity contribution >= 4 is 78.9 Å². The van der Waals surface area contributed by atoms with Crippen LogP contribution in [0.15, 0.2) is 36.4 Å². The molecule has 5 aromatic rings. The second-order valence-electron chi connectivity index (χ2n) is 12.2. The fourth-order valence-corrected chi connectivity index (χ4v) is 7.82. The van der Waals surface area contributed by atoms with E-state index in [9.17, 15) is 24.3 Å². The predicted octanol–water partition coefficient (Wildman–Crippen LogP) is 3.94. The molecule has 6 N–H and O–H groups in total. The third-order valence-electron chi connectivity index (χ3n) is 9.73.